The fourth-order valence-corrected chi connectivity index (χ4v) is 3.06. The minimum absolute atomic E-state index is 0.124. The van der Waals surface area contributed by atoms with Crippen LogP contribution in [0.25, 0.3) is 11.3 Å². The molecule has 0 bridgehead atoms. The highest BCUT2D eigenvalue weighted by atomic mass is 19.1. The topological polar surface area (TPSA) is 65.2 Å². The maximum Gasteiger partial charge on any atom is 0.213 e. The molecule has 0 saturated heterocycles. The summed E-state index contributed by atoms with van der Waals surface area (Å²) in [6, 6.07) is 9.51. The SMILES string of the molecule is Cc1onc(-c2ccc(F)cc2)c1COc1ccc(C(=O)CCC2CC2)cn1. The van der Waals surface area contributed by atoms with Crippen molar-refractivity contribution < 1.29 is 18.4 Å². The molecule has 5 nitrogen and oxygen atoms in total. The summed E-state index contributed by atoms with van der Waals surface area (Å²) in [5, 5.41) is 4.06. The standard InChI is InChI=1S/C22H21FN2O3/c1-14-19(22(25-28-14)16-5-8-18(23)9-6-16)13-27-21-11-7-17(12-24-21)20(26)10-4-15-2-3-15/h5-9,11-12,15H,2-4,10,13H2,1H3. The Morgan fingerprint density at radius 1 is 1.21 bits per heavy atom. The number of ether oxygens (including phenoxy) is 1. The van der Waals surface area contributed by atoms with E-state index < -0.39 is 0 Å². The molecule has 4 rings (SSSR count). The maximum atomic E-state index is 13.2. The number of ketones is 1. The van der Waals surface area contributed by atoms with Crippen LogP contribution in [0.5, 0.6) is 5.88 Å². The first-order chi connectivity index (χ1) is 13.6. The van der Waals surface area contributed by atoms with Gasteiger partial charge in [-0.3, -0.25) is 4.79 Å². The fraction of sp³-hybridized carbons (Fsp3) is 0.318. The van der Waals surface area contributed by atoms with Gasteiger partial charge in [0, 0.05) is 29.8 Å². The van der Waals surface area contributed by atoms with E-state index in [-0.39, 0.29) is 18.2 Å². The molecule has 28 heavy (non-hydrogen) atoms. The molecule has 1 fully saturated rings. The van der Waals surface area contributed by atoms with Crippen molar-refractivity contribution in [3.8, 4) is 17.1 Å². The van der Waals surface area contributed by atoms with Crippen LogP contribution in [0.1, 0.15) is 47.4 Å². The first-order valence-corrected chi connectivity index (χ1v) is 9.43. The van der Waals surface area contributed by atoms with E-state index in [9.17, 15) is 9.18 Å². The smallest absolute Gasteiger partial charge is 0.213 e. The van der Waals surface area contributed by atoms with E-state index in [0.29, 0.717) is 29.3 Å². The molecule has 0 N–H and O–H groups in total. The number of Topliss-reactive ketones (excluding diaryl/α,β-unsaturated/α-hetero) is 1. The summed E-state index contributed by atoms with van der Waals surface area (Å²) < 4.78 is 24.2. The van der Waals surface area contributed by atoms with Gasteiger partial charge < -0.3 is 9.26 Å². The molecule has 2 aromatic heterocycles. The van der Waals surface area contributed by atoms with Crippen LogP contribution >= 0.6 is 0 Å². The van der Waals surface area contributed by atoms with Crippen molar-refractivity contribution in [1.82, 2.24) is 10.1 Å². The third kappa shape index (κ3) is 4.27. The van der Waals surface area contributed by atoms with Crippen molar-refractivity contribution in [1.29, 1.82) is 0 Å². The summed E-state index contributed by atoms with van der Waals surface area (Å²) in [5.74, 6) is 1.61. The zero-order valence-corrected chi connectivity index (χ0v) is 15.7. The minimum Gasteiger partial charge on any atom is -0.473 e. The van der Waals surface area contributed by atoms with E-state index in [1.54, 1.807) is 37.4 Å². The molecule has 3 aromatic rings. The van der Waals surface area contributed by atoms with Crippen molar-refractivity contribution in [2.24, 2.45) is 5.92 Å². The van der Waals surface area contributed by atoms with E-state index >= 15 is 0 Å². The number of aryl methyl sites for hydroxylation is 1. The minimum atomic E-state index is -0.308. The van der Waals surface area contributed by atoms with Crippen molar-refractivity contribution in [2.45, 2.75) is 39.2 Å². The average Bonchev–Trinajstić information content (AvgIpc) is 3.47. The second kappa shape index (κ2) is 7.92. The van der Waals surface area contributed by atoms with Crippen LogP contribution in [-0.4, -0.2) is 15.9 Å². The Kier molecular flexibility index (Phi) is 5.19. The Morgan fingerprint density at radius 3 is 2.68 bits per heavy atom. The highest BCUT2D eigenvalue weighted by Gasteiger charge is 2.22. The number of carbonyl (C=O) groups excluding carboxylic acids is 1. The summed E-state index contributed by atoms with van der Waals surface area (Å²) in [6.45, 7) is 2.01. The summed E-state index contributed by atoms with van der Waals surface area (Å²) >= 11 is 0. The highest BCUT2D eigenvalue weighted by molar-refractivity contribution is 5.95. The van der Waals surface area contributed by atoms with Gasteiger partial charge in [0.2, 0.25) is 5.88 Å². The van der Waals surface area contributed by atoms with Crippen LogP contribution in [0.2, 0.25) is 0 Å². The highest BCUT2D eigenvalue weighted by Crippen LogP contribution is 2.34. The van der Waals surface area contributed by atoms with Crippen LogP contribution < -0.4 is 4.74 Å². The molecule has 0 atom stereocenters. The normalized spacial score (nSPS) is 13.5. The van der Waals surface area contributed by atoms with Crippen LogP contribution in [0.4, 0.5) is 4.39 Å². The van der Waals surface area contributed by atoms with E-state index in [4.69, 9.17) is 9.26 Å². The lowest BCUT2D eigenvalue weighted by atomic mass is 10.1. The zero-order valence-electron chi connectivity index (χ0n) is 15.7. The van der Waals surface area contributed by atoms with Crippen LogP contribution in [0, 0.1) is 18.7 Å². The quantitative estimate of drug-likeness (QED) is 0.507. The number of pyridine rings is 1. The molecular weight excluding hydrogens is 359 g/mol. The number of carbonyl (C=O) groups is 1. The third-order valence-corrected chi connectivity index (χ3v) is 5.00. The summed E-state index contributed by atoms with van der Waals surface area (Å²) in [5.41, 5.74) is 2.75. The second-order valence-electron chi connectivity index (χ2n) is 7.15. The Hall–Kier alpha value is -3.02. The molecule has 0 amide bonds. The molecule has 1 aliphatic carbocycles. The first kappa shape index (κ1) is 18.3. The molecule has 0 spiro atoms. The van der Waals surface area contributed by atoms with Gasteiger partial charge in [-0.2, -0.15) is 0 Å². The van der Waals surface area contributed by atoms with Gasteiger partial charge in [-0.25, -0.2) is 9.37 Å². The van der Waals surface area contributed by atoms with Gasteiger partial charge in [0.25, 0.3) is 0 Å². The first-order valence-electron chi connectivity index (χ1n) is 9.43. The van der Waals surface area contributed by atoms with Gasteiger partial charge >= 0.3 is 0 Å². The average molecular weight is 380 g/mol. The fourth-order valence-electron chi connectivity index (χ4n) is 3.06. The molecule has 0 radical (unpaired) electrons. The molecule has 1 aromatic carbocycles. The lowest BCUT2D eigenvalue weighted by Crippen LogP contribution is -2.03. The summed E-state index contributed by atoms with van der Waals surface area (Å²) in [6.07, 6.45) is 5.61. The van der Waals surface area contributed by atoms with Crippen molar-refractivity contribution in [2.75, 3.05) is 0 Å². The largest absolute Gasteiger partial charge is 0.473 e. The van der Waals surface area contributed by atoms with Crippen molar-refractivity contribution >= 4 is 5.78 Å². The lowest BCUT2D eigenvalue weighted by molar-refractivity contribution is 0.0977. The van der Waals surface area contributed by atoms with Gasteiger partial charge in [-0.05, 0) is 49.6 Å². The molecule has 2 heterocycles. The number of rotatable bonds is 8. The molecule has 0 aliphatic heterocycles. The number of hydrogen-bond acceptors (Lipinski definition) is 5. The molecular formula is C22H21FN2O3. The predicted molar refractivity (Wildman–Crippen MR) is 101 cm³/mol. The van der Waals surface area contributed by atoms with E-state index in [1.165, 1.54) is 25.0 Å². The monoisotopic (exact) mass is 380 g/mol. The predicted octanol–water partition coefficient (Wildman–Crippen LogP) is 5.14. The van der Waals surface area contributed by atoms with Crippen LogP contribution in [0.3, 0.4) is 0 Å². The zero-order chi connectivity index (χ0) is 19.5. The Balaban J connectivity index is 1.41. The molecule has 144 valence electrons. The number of nitrogens with zero attached hydrogens (tertiary/aromatic N) is 2. The molecule has 1 saturated carbocycles. The van der Waals surface area contributed by atoms with Gasteiger partial charge in [0.15, 0.2) is 5.78 Å². The van der Waals surface area contributed by atoms with Crippen molar-refractivity contribution in [3.63, 3.8) is 0 Å². The molecule has 6 heteroatoms. The van der Waals surface area contributed by atoms with Gasteiger partial charge in [0.1, 0.15) is 23.9 Å². The van der Waals surface area contributed by atoms with E-state index in [0.717, 1.165) is 23.5 Å². The van der Waals surface area contributed by atoms with E-state index in [1.807, 2.05) is 0 Å². The summed E-state index contributed by atoms with van der Waals surface area (Å²) in [4.78, 5) is 16.4. The van der Waals surface area contributed by atoms with E-state index in [2.05, 4.69) is 10.1 Å². The van der Waals surface area contributed by atoms with Gasteiger partial charge in [-0.15, -0.1) is 0 Å². The second-order valence-corrected chi connectivity index (χ2v) is 7.15. The molecule has 1 aliphatic rings. The number of hydrogen-bond donors (Lipinski definition) is 0. The third-order valence-electron chi connectivity index (χ3n) is 5.00. The maximum absolute atomic E-state index is 13.2. The van der Waals surface area contributed by atoms with Crippen LogP contribution in [-0.2, 0) is 6.61 Å². The Labute approximate surface area is 162 Å². The Morgan fingerprint density at radius 2 is 2.00 bits per heavy atom. The van der Waals surface area contributed by atoms with Gasteiger partial charge in [-0.1, -0.05) is 18.0 Å². The van der Waals surface area contributed by atoms with Gasteiger partial charge in [0.05, 0.1) is 5.56 Å². The lowest BCUT2D eigenvalue weighted by Gasteiger charge is -2.07. The Bertz CT molecular complexity index is 960. The summed E-state index contributed by atoms with van der Waals surface area (Å²) in [7, 11) is 0. The number of aromatic nitrogens is 2. The van der Waals surface area contributed by atoms with Crippen molar-refractivity contribution in [3.05, 3.63) is 65.3 Å². The number of benzene rings is 1. The number of halogens is 1. The molecule has 0 unspecified atom stereocenters. The van der Waals surface area contributed by atoms with Crippen LogP contribution in [0.15, 0.2) is 47.1 Å².